The van der Waals surface area contributed by atoms with E-state index in [0.29, 0.717) is 57.0 Å². The summed E-state index contributed by atoms with van der Waals surface area (Å²) < 4.78 is 5.35. The van der Waals surface area contributed by atoms with Gasteiger partial charge in [0.05, 0.1) is 13.2 Å². The number of nitrogens with zero attached hydrogens (tertiary/aromatic N) is 1. The molecule has 200 valence electrons. The van der Waals surface area contributed by atoms with Crippen molar-refractivity contribution in [1.29, 1.82) is 0 Å². The number of rotatable bonds is 11. The Bertz CT molecular complexity index is 902. The lowest BCUT2D eigenvalue weighted by atomic mass is 9.80. The van der Waals surface area contributed by atoms with Crippen molar-refractivity contribution in [3.63, 3.8) is 0 Å². The van der Waals surface area contributed by atoms with Crippen LogP contribution in [0.15, 0.2) is 24.3 Å². The number of urea groups is 1. The lowest BCUT2D eigenvalue weighted by Crippen LogP contribution is -2.71. The van der Waals surface area contributed by atoms with E-state index in [0.717, 1.165) is 31.2 Å². The fraction of sp³-hybridized carbons (Fsp3) is 0.654. The fourth-order valence-electron chi connectivity index (χ4n) is 4.91. The highest BCUT2D eigenvalue weighted by Gasteiger charge is 2.47. The molecule has 2 aliphatic rings. The highest BCUT2D eigenvalue weighted by molar-refractivity contribution is 6.30. The number of benzene rings is 1. The van der Waals surface area contributed by atoms with Crippen molar-refractivity contribution in [2.24, 2.45) is 0 Å². The number of carbonyl (C=O) groups is 3. The standard InChI is InChI=1S/C26H39ClN4O5/c1-2-3-12-26(22(33)19-32,28-18-20-8-7-9-21(27)17-20)29-23(34)25(10-5-4-6-11-25)30-24(35)31-13-15-36-16-14-31/h7-9,17,28,32H,2-6,10-16,18-19H2,1H3,(H,29,34)(H,30,35)/t26-/m0/s1. The number of ether oxygens (including phenoxy) is 1. The maximum Gasteiger partial charge on any atom is 0.318 e. The van der Waals surface area contributed by atoms with E-state index in [1.807, 2.05) is 19.1 Å². The maximum atomic E-state index is 13.9. The van der Waals surface area contributed by atoms with E-state index < -0.39 is 29.5 Å². The molecular weight excluding hydrogens is 484 g/mol. The van der Waals surface area contributed by atoms with Crippen molar-refractivity contribution in [1.82, 2.24) is 20.9 Å². The van der Waals surface area contributed by atoms with Crippen molar-refractivity contribution in [2.45, 2.75) is 76.0 Å². The van der Waals surface area contributed by atoms with E-state index in [2.05, 4.69) is 16.0 Å². The molecule has 0 aromatic heterocycles. The molecule has 1 atom stereocenters. The van der Waals surface area contributed by atoms with Crippen LogP contribution >= 0.6 is 11.6 Å². The molecular formula is C26H39ClN4O5. The van der Waals surface area contributed by atoms with Gasteiger partial charge in [0.1, 0.15) is 12.1 Å². The molecule has 1 heterocycles. The summed E-state index contributed by atoms with van der Waals surface area (Å²) in [6.07, 6.45) is 5.30. The van der Waals surface area contributed by atoms with Crippen molar-refractivity contribution in [2.75, 3.05) is 32.9 Å². The molecule has 1 saturated heterocycles. The normalized spacial score (nSPS) is 19.2. The summed E-state index contributed by atoms with van der Waals surface area (Å²) in [5, 5.41) is 19.6. The topological polar surface area (TPSA) is 120 Å². The quantitative estimate of drug-likeness (QED) is 0.332. The Morgan fingerprint density at radius 2 is 1.89 bits per heavy atom. The Labute approximate surface area is 218 Å². The van der Waals surface area contributed by atoms with Crippen LogP contribution in [0.5, 0.6) is 0 Å². The highest BCUT2D eigenvalue weighted by Crippen LogP contribution is 2.30. The molecule has 3 amide bonds. The number of nitrogens with one attached hydrogen (secondary N) is 3. The van der Waals surface area contributed by atoms with Crippen LogP contribution in [0.4, 0.5) is 4.79 Å². The average molecular weight is 523 g/mol. The van der Waals surface area contributed by atoms with Gasteiger partial charge in [-0.2, -0.15) is 0 Å². The molecule has 1 aromatic carbocycles. The van der Waals surface area contributed by atoms with Gasteiger partial charge in [0.25, 0.3) is 0 Å². The molecule has 36 heavy (non-hydrogen) atoms. The predicted molar refractivity (Wildman–Crippen MR) is 138 cm³/mol. The third kappa shape index (κ3) is 7.18. The number of unbranched alkanes of at least 4 members (excludes halogenated alkanes) is 1. The molecule has 10 heteroatoms. The molecule has 3 rings (SSSR count). The number of hydrogen-bond donors (Lipinski definition) is 4. The Balaban J connectivity index is 1.85. The van der Waals surface area contributed by atoms with Crippen LogP contribution < -0.4 is 16.0 Å². The monoisotopic (exact) mass is 522 g/mol. The van der Waals surface area contributed by atoms with Gasteiger partial charge in [-0.3, -0.25) is 14.9 Å². The number of Topliss-reactive ketones (excluding diaryl/α,β-unsaturated/α-hetero) is 1. The maximum absolute atomic E-state index is 13.9. The zero-order chi connectivity index (χ0) is 26.0. The Morgan fingerprint density at radius 3 is 2.53 bits per heavy atom. The largest absolute Gasteiger partial charge is 0.388 e. The minimum atomic E-state index is -1.47. The van der Waals surface area contributed by atoms with E-state index in [1.54, 1.807) is 17.0 Å². The molecule has 2 fully saturated rings. The first-order chi connectivity index (χ1) is 17.3. The molecule has 1 aliphatic carbocycles. The van der Waals surface area contributed by atoms with Crippen LogP contribution in [0, 0.1) is 0 Å². The fourth-order valence-corrected chi connectivity index (χ4v) is 5.12. The first kappa shape index (κ1) is 28.4. The van der Waals surface area contributed by atoms with E-state index in [-0.39, 0.29) is 12.6 Å². The van der Waals surface area contributed by atoms with Crippen LogP contribution in [0.25, 0.3) is 0 Å². The highest BCUT2D eigenvalue weighted by atomic mass is 35.5. The van der Waals surface area contributed by atoms with Crippen LogP contribution in [0.2, 0.25) is 5.02 Å². The second-order valence-corrected chi connectivity index (χ2v) is 10.1. The summed E-state index contributed by atoms with van der Waals surface area (Å²) in [5.74, 6) is -0.919. The third-order valence-electron chi connectivity index (χ3n) is 7.12. The van der Waals surface area contributed by atoms with Crippen LogP contribution in [0.1, 0.15) is 63.9 Å². The molecule has 1 aliphatic heterocycles. The number of aliphatic hydroxyl groups excluding tert-OH is 1. The van der Waals surface area contributed by atoms with E-state index in [9.17, 15) is 19.5 Å². The van der Waals surface area contributed by atoms with Gasteiger partial charge in [-0.25, -0.2) is 4.79 Å². The first-order valence-electron chi connectivity index (χ1n) is 13.0. The van der Waals surface area contributed by atoms with Gasteiger partial charge in [0.2, 0.25) is 5.91 Å². The SMILES string of the molecule is CCCC[C@](NCc1cccc(Cl)c1)(NC(=O)C1(NC(=O)N2CCOCC2)CCCCC1)C(=O)CO. The lowest BCUT2D eigenvalue weighted by Gasteiger charge is -2.42. The van der Waals surface area contributed by atoms with Gasteiger partial charge < -0.3 is 25.4 Å². The number of amides is 3. The van der Waals surface area contributed by atoms with E-state index in [1.165, 1.54) is 0 Å². The number of aliphatic hydroxyl groups is 1. The van der Waals surface area contributed by atoms with Crippen LogP contribution in [-0.2, 0) is 20.9 Å². The summed E-state index contributed by atoms with van der Waals surface area (Å²) in [6, 6.07) is 6.95. The first-order valence-corrected chi connectivity index (χ1v) is 13.3. The lowest BCUT2D eigenvalue weighted by molar-refractivity contribution is -0.139. The smallest absolute Gasteiger partial charge is 0.318 e. The summed E-state index contributed by atoms with van der Waals surface area (Å²) >= 11 is 6.13. The number of carbonyl (C=O) groups excluding carboxylic acids is 3. The van der Waals surface area contributed by atoms with Crippen molar-refractivity contribution >= 4 is 29.3 Å². The van der Waals surface area contributed by atoms with Crippen LogP contribution in [0.3, 0.4) is 0 Å². The Morgan fingerprint density at radius 1 is 1.17 bits per heavy atom. The van der Waals surface area contributed by atoms with Gasteiger partial charge >= 0.3 is 6.03 Å². The van der Waals surface area contributed by atoms with E-state index in [4.69, 9.17) is 16.3 Å². The van der Waals surface area contributed by atoms with Gasteiger partial charge in [-0.05, 0) is 43.4 Å². The Kier molecular flexibility index (Phi) is 10.5. The molecule has 0 radical (unpaired) electrons. The molecule has 1 aromatic rings. The van der Waals surface area contributed by atoms with E-state index >= 15 is 0 Å². The summed E-state index contributed by atoms with van der Waals surface area (Å²) in [6.45, 7) is 3.40. The molecule has 9 nitrogen and oxygen atoms in total. The number of morpholine rings is 1. The number of ketones is 1. The molecule has 1 saturated carbocycles. The molecule has 0 unspecified atom stereocenters. The number of halogens is 1. The third-order valence-corrected chi connectivity index (χ3v) is 7.36. The van der Waals surface area contributed by atoms with Gasteiger partial charge in [-0.1, -0.05) is 56.3 Å². The minimum absolute atomic E-state index is 0.267. The molecule has 0 spiro atoms. The second-order valence-electron chi connectivity index (χ2n) is 9.70. The molecule has 4 N–H and O–H groups in total. The van der Waals surface area contributed by atoms with Gasteiger partial charge in [-0.15, -0.1) is 0 Å². The summed E-state index contributed by atoms with van der Waals surface area (Å²) in [7, 11) is 0. The summed E-state index contributed by atoms with van der Waals surface area (Å²) in [5.41, 5.74) is -1.76. The van der Waals surface area contributed by atoms with Gasteiger partial charge in [0.15, 0.2) is 11.4 Å². The molecule has 0 bridgehead atoms. The van der Waals surface area contributed by atoms with Crippen molar-refractivity contribution < 1.29 is 24.2 Å². The Hall–Kier alpha value is -2.20. The zero-order valence-electron chi connectivity index (χ0n) is 21.1. The second kappa shape index (κ2) is 13.4. The van der Waals surface area contributed by atoms with Crippen LogP contribution in [-0.4, -0.2) is 71.8 Å². The zero-order valence-corrected chi connectivity index (χ0v) is 21.9. The minimum Gasteiger partial charge on any atom is -0.388 e. The van der Waals surface area contributed by atoms with Crippen molar-refractivity contribution in [3.8, 4) is 0 Å². The predicted octanol–water partition coefficient (Wildman–Crippen LogP) is 2.74. The average Bonchev–Trinajstić information content (AvgIpc) is 2.90. The van der Waals surface area contributed by atoms with Gasteiger partial charge in [0, 0.05) is 24.7 Å². The summed E-state index contributed by atoms with van der Waals surface area (Å²) in [4.78, 5) is 41.8. The number of hydrogen-bond acceptors (Lipinski definition) is 6. The van der Waals surface area contributed by atoms with Crippen molar-refractivity contribution in [3.05, 3.63) is 34.9 Å².